The zero-order valence-corrected chi connectivity index (χ0v) is 54.5. The summed E-state index contributed by atoms with van der Waals surface area (Å²) in [7, 11) is -11.2. The summed E-state index contributed by atoms with van der Waals surface area (Å²) in [6.45, 7) is 2.06. The van der Waals surface area contributed by atoms with Gasteiger partial charge in [-0.1, -0.05) is 219 Å². The summed E-state index contributed by atoms with van der Waals surface area (Å²) < 4.78 is 57.8. The number of hydrogen-bond acceptors (Lipinski definition) is 24. The molecule has 14 unspecified atom stereocenters. The predicted molar refractivity (Wildman–Crippen MR) is 325 cm³/mol. The Morgan fingerprint density at radius 2 is 0.742 bits per heavy atom. The first-order valence-electron chi connectivity index (χ1n) is 33.4. The second-order valence-electron chi connectivity index (χ2n) is 25.1. The highest BCUT2D eigenvalue weighted by Gasteiger charge is 2.56. The van der Waals surface area contributed by atoms with Crippen LogP contribution in [0.5, 0.6) is 0 Å². The lowest BCUT2D eigenvalue weighted by Gasteiger charge is -2.47. The van der Waals surface area contributed by atoms with Crippen molar-refractivity contribution in [1.82, 2.24) is 5.32 Å². The number of amides is 1. The van der Waals surface area contributed by atoms with Crippen LogP contribution in [0.25, 0.3) is 0 Å². The van der Waals surface area contributed by atoms with Gasteiger partial charge in [0, 0.05) is 0 Å². The molecular weight excluding hydrogens is 1210 g/mol. The molecule has 0 aromatic carbocycles. The minimum absolute atomic E-state index is 0.0369. The number of phosphoric acid groups is 2. The van der Waals surface area contributed by atoms with Crippen molar-refractivity contribution in [3.05, 3.63) is 0 Å². The van der Waals surface area contributed by atoms with E-state index >= 15 is 0 Å². The van der Waals surface area contributed by atoms with E-state index in [0.29, 0.717) is 19.3 Å². The lowest BCUT2D eigenvalue weighted by atomic mass is 9.84. The van der Waals surface area contributed by atoms with Gasteiger partial charge in [-0.25, -0.2) is 9.13 Å². The maximum Gasteiger partial charge on any atom is 0.472 e. The fraction of sp³-hybridized carbons (Fsp3) is 0.983. The van der Waals surface area contributed by atoms with E-state index in [4.69, 9.17) is 27.6 Å². The fourth-order valence-corrected chi connectivity index (χ4v) is 13.6. The summed E-state index contributed by atoms with van der Waals surface area (Å²) >= 11 is 0. The highest BCUT2D eigenvalue weighted by atomic mass is 31.2. The summed E-state index contributed by atoms with van der Waals surface area (Å²) in [6, 6.07) is -1.69. The molecule has 3 fully saturated rings. The van der Waals surface area contributed by atoms with E-state index in [1.54, 1.807) is 0 Å². The van der Waals surface area contributed by atoms with Crippen LogP contribution < -0.4 is 5.32 Å². The Balaban J connectivity index is 1.63. The van der Waals surface area contributed by atoms with Gasteiger partial charge in [-0.05, 0) is 12.8 Å². The molecule has 3 rings (SSSR count). The van der Waals surface area contributed by atoms with Gasteiger partial charge in [0.1, 0.15) is 110 Å². The van der Waals surface area contributed by atoms with E-state index in [0.717, 1.165) is 57.8 Å². The van der Waals surface area contributed by atoms with E-state index in [-0.39, 0.29) is 12.8 Å². The van der Waals surface area contributed by atoms with Gasteiger partial charge in [-0.2, -0.15) is 0 Å². The molecule has 1 heterocycles. The summed E-state index contributed by atoms with van der Waals surface area (Å²) in [6.07, 6.45) is -7.61. The zero-order chi connectivity index (χ0) is 66.1. The van der Waals surface area contributed by atoms with Gasteiger partial charge >= 0.3 is 15.6 Å². The fourth-order valence-electron chi connectivity index (χ4n) is 11.7. The zero-order valence-electron chi connectivity index (χ0n) is 52.8. The van der Waals surface area contributed by atoms with Crippen LogP contribution in [0.2, 0.25) is 0 Å². The average Bonchev–Trinajstić information content (AvgIpc) is 0.873. The van der Waals surface area contributed by atoms with Crippen LogP contribution in [-0.2, 0) is 41.5 Å². The van der Waals surface area contributed by atoms with Crippen molar-refractivity contribution in [1.29, 1.82) is 0 Å². The van der Waals surface area contributed by atoms with Gasteiger partial charge < -0.3 is 101 Å². The first-order valence-corrected chi connectivity index (χ1v) is 36.4. The maximum absolute atomic E-state index is 13.8. The van der Waals surface area contributed by atoms with Crippen LogP contribution >= 0.6 is 15.6 Å². The summed E-state index contributed by atoms with van der Waals surface area (Å²) in [5, 5.41) is 162. The van der Waals surface area contributed by atoms with Crippen LogP contribution in [0.3, 0.4) is 0 Å². The molecule has 89 heavy (non-hydrogen) atoms. The Morgan fingerprint density at radius 3 is 1.16 bits per heavy atom. The van der Waals surface area contributed by atoms with Crippen LogP contribution in [0.1, 0.15) is 232 Å². The van der Waals surface area contributed by atoms with E-state index in [1.807, 2.05) is 0 Å². The molecule has 1 aliphatic heterocycles. The second-order valence-corrected chi connectivity index (χ2v) is 27.9. The third kappa shape index (κ3) is 29.9. The van der Waals surface area contributed by atoms with Crippen LogP contribution in [0.4, 0.5) is 0 Å². The number of carbonyl (C=O) groups excluding carboxylic acids is 1. The lowest BCUT2D eigenvalue weighted by molar-refractivity contribution is -0.337. The Hall–Kier alpha value is -0.990. The Bertz CT molecular complexity index is 1930. The third-order valence-corrected chi connectivity index (χ3v) is 19.5. The molecule has 1 saturated heterocycles. The topological polar surface area (TPSA) is 463 Å². The van der Waals surface area contributed by atoms with Crippen molar-refractivity contribution in [3.8, 4) is 0 Å². The highest BCUT2D eigenvalue weighted by Crippen LogP contribution is 2.49. The summed E-state index contributed by atoms with van der Waals surface area (Å²) in [5.74, 6) is -0.989. The van der Waals surface area contributed by atoms with Gasteiger partial charge in [0.05, 0.1) is 25.4 Å². The first kappa shape index (κ1) is 82.2. The van der Waals surface area contributed by atoms with E-state index in [1.165, 1.54) is 128 Å². The van der Waals surface area contributed by atoms with Crippen LogP contribution in [-0.4, -0.2) is 234 Å². The molecule has 0 radical (unpaired) electrons. The molecule has 0 aromatic heterocycles. The van der Waals surface area contributed by atoms with Crippen molar-refractivity contribution in [2.45, 2.75) is 360 Å². The van der Waals surface area contributed by atoms with Gasteiger partial charge in [-0.15, -0.1) is 0 Å². The van der Waals surface area contributed by atoms with Gasteiger partial charge in [-0.3, -0.25) is 22.9 Å². The molecule has 0 aromatic rings. The molecule has 29 heteroatoms. The van der Waals surface area contributed by atoms with Crippen molar-refractivity contribution >= 4 is 21.6 Å². The molecule has 0 bridgehead atoms. The molecular formula is C60H117NO26P2. The number of aliphatic hydroxyl groups excluding tert-OH is 15. The number of carbonyl (C=O) groups is 1. The van der Waals surface area contributed by atoms with Gasteiger partial charge in [0.15, 0.2) is 6.29 Å². The first-order chi connectivity index (χ1) is 42.3. The molecule has 0 spiro atoms. The van der Waals surface area contributed by atoms with Crippen LogP contribution in [0.15, 0.2) is 0 Å². The van der Waals surface area contributed by atoms with Crippen molar-refractivity contribution in [3.63, 3.8) is 0 Å². The summed E-state index contributed by atoms with van der Waals surface area (Å²) in [4.78, 5) is 35.0. The van der Waals surface area contributed by atoms with Gasteiger partial charge in [0.25, 0.3) is 0 Å². The summed E-state index contributed by atoms with van der Waals surface area (Å²) in [5.41, 5.74) is 0. The monoisotopic (exact) mass is 1330 g/mol. The molecule has 27 nitrogen and oxygen atoms in total. The molecule has 1 amide bonds. The second kappa shape index (κ2) is 44.7. The smallest absolute Gasteiger partial charge is 0.390 e. The Kier molecular flexibility index (Phi) is 41.3. The number of nitrogens with one attached hydrogen (secondary N) is 1. The normalized spacial score (nSPS) is 32.0. The molecule has 18 N–H and O–H groups in total. The number of rotatable bonds is 50. The largest absolute Gasteiger partial charge is 0.472 e. The van der Waals surface area contributed by atoms with E-state index in [9.17, 15) is 100 Å². The Labute approximate surface area is 526 Å². The van der Waals surface area contributed by atoms with Crippen LogP contribution in [0, 0.1) is 0 Å². The molecule has 528 valence electrons. The molecule has 23 atom stereocenters. The molecule has 3 aliphatic rings. The third-order valence-electron chi connectivity index (χ3n) is 17.5. The van der Waals surface area contributed by atoms with Crippen molar-refractivity contribution < 1.29 is 128 Å². The Morgan fingerprint density at radius 1 is 0.416 bits per heavy atom. The quantitative estimate of drug-likeness (QED) is 0.0307. The average molecular weight is 1330 g/mol. The van der Waals surface area contributed by atoms with E-state index < -0.39 is 163 Å². The predicted octanol–water partition coefficient (Wildman–Crippen LogP) is 3.33. The number of hydrogen-bond donors (Lipinski definition) is 18. The van der Waals surface area contributed by atoms with E-state index in [2.05, 4.69) is 19.2 Å². The minimum Gasteiger partial charge on any atom is -0.390 e. The standard InChI is InChI=1S/C60H117NO26P2/c1-3-5-7-9-11-13-15-17-19-20-21-22-24-26-28-30-32-34-36-41(63)59(77)61-39(43(64)40(62)35-33-31-29-27-25-23-18-16-14-12-10-8-6-4-2)37-82-88(78,79)87-58-54(75)50(71)49(70)53(74)57(58)85-60-55(76)45(66)44(65)42(84-60)38-83-89(80,81)86-56-51(72)47(68)46(67)48(69)52(56)73/h39-58,60,62-76H,3-38H2,1-2H3,(H,61,77)(H,78,79)(H,80,81)/t39-,40+,41?,42+,43-,44+,45?,46?,47+,48?,49?,50?,51?,52?,53+,54?,55?,56?,57?,58-,60+/m0/s1. The number of unbranched alkanes of at least 4 members (excludes halogenated alkanes) is 30. The number of ether oxygens (including phenoxy) is 2. The minimum atomic E-state index is -5.69. The number of phosphoric ester groups is 2. The van der Waals surface area contributed by atoms with Crippen molar-refractivity contribution in [2.24, 2.45) is 0 Å². The van der Waals surface area contributed by atoms with Crippen molar-refractivity contribution in [2.75, 3.05) is 13.2 Å². The molecule has 2 saturated carbocycles. The number of aliphatic hydroxyl groups is 15. The highest BCUT2D eigenvalue weighted by molar-refractivity contribution is 7.47. The SMILES string of the molecule is CCCCCCCCCCCCCCCCCCCCC(O)C(=O)N[C@@H](COP(=O)(O)O[C@H]1C(O)C(O)C(O)[C@@H](O)C1O[C@H]1O[C@H](COP(=O)(O)OC2C(O)C(O)C(O)[C@@H](O)C2O)[C@@H](O)C(O)C1O)[C@H](O)[C@H](O)CCCCCCCCCCCCCCCC. The lowest BCUT2D eigenvalue weighted by Crippen LogP contribution is -2.67. The van der Waals surface area contributed by atoms with Gasteiger partial charge in [0.2, 0.25) is 5.91 Å². The maximum atomic E-state index is 13.8. The molecule has 2 aliphatic carbocycles.